The molecular weight excluding hydrogens is 955 g/mol. The first-order valence-corrected chi connectivity index (χ1v) is 25.4. The summed E-state index contributed by atoms with van der Waals surface area (Å²) in [6, 6.07) is 19.0. The third-order valence-corrected chi connectivity index (χ3v) is 12.7. The van der Waals surface area contributed by atoms with Crippen molar-refractivity contribution in [1.82, 2.24) is 0 Å². The number of sulfonamides is 2. The molecule has 0 spiro atoms. The van der Waals surface area contributed by atoms with Crippen molar-refractivity contribution in [1.29, 1.82) is 0 Å². The molecule has 4 aromatic carbocycles. The minimum Gasteiger partial charge on any atom is -0.744 e. The van der Waals surface area contributed by atoms with Gasteiger partial charge in [0, 0.05) is 45.6 Å². The average Bonchev–Trinajstić information content (AvgIpc) is 3.12. The Morgan fingerprint density at radius 3 is 1.81 bits per heavy atom. The van der Waals surface area contributed by atoms with E-state index in [1.165, 1.54) is 26.0 Å². The Labute approximate surface area is 416 Å². The van der Waals surface area contributed by atoms with Crippen LogP contribution in [-0.4, -0.2) is 67.9 Å². The topological polar surface area (TPSA) is 294 Å². The summed E-state index contributed by atoms with van der Waals surface area (Å²) in [4.78, 5) is 2.38. The van der Waals surface area contributed by atoms with Crippen molar-refractivity contribution in [2.24, 2.45) is 0 Å². The molecule has 0 fully saturated rings. The van der Waals surface area contributed by atoms with E-state index in [0.29, 0.717) is 61.2 Å². The van der Waals surface area contributed by atoms with Gasteiger partial charge in [0.15, 0.2) is 5.36 Å². The molecule has 0 aromatic heterocycles. The molecule has 25 heteroatoms. The van der Waals surface area contributed by atoms with Crippen LogP contribution in [0.25, 0.3) is 33.4 Å². The summed E-state index contributed by atoms with van der Waals surface area (Å²) >= 11 is 0. The van der Waals surface area contributed by atoms with Crippen molar-refractivity contribution in [3.63, 3.8) is 0 Å². The van der Waals surface area contributed by atoms with E-state index in [1.807, 2.05) is 6.92 Å². The Balaban J connectivity index is 0.00000174. The third-order valence-electron chi connectivity index (χ3n) is 9.58. The number of nitrogens with one attached hydrogen (secondary N) is 4. The van der Waals surface area contributed by atoms with Gasteiger partial charge in [-0.15, -0.1) is 18.2 Å². The Hall–Kier alpha value is -3.69. The molecule has 18 nitrogen and oxygen atoms in total. The van der Waals surface area contributed by atoms with Crippen LogP contribution < -0.4 is 84.2 Å². The molecule has 5 N–H and O–H groups in total. The second kappa shape index (κ2) is 20.4. The van der Waals surface area contributed by atoms with Gasteiger partial charge in [0.05, 0.1) is 29.2 Å². The van der Waals surface area contributed by atoms with Gasteiger partial charge < -0.3 is 19.0 Å². The third kappa shape index (κ3) is 12.6. The number of hydrogen-bond acceptors (Lipinski definition) is 14. The molecule has 1 aliphatic carbocycles. The zero-order valence-electron chi connectivity index (χ0n) is 36.1. The van der Waals surface area contributed by atoms with Gasteiger partial charge in [-0.1, -0.05) is 50.1 Å². The fourth-order valence-electron chi connectivity index (χ4n) is 7.24. The predicted octanol–water partition coefficient (Wildman–Crippen LogP) is -2.19. The summed E-state index contributed by atoms with van der Waals surface area (Å²) in [5.74, 6) is 0.262. The quantitative estimate of drug-likeness (QED) is 0.0422. The van der Waals surface area contributed by atoms with Crippen LogP contribution in [0.5, 0.6) is 0 Å². The summed E-state index contributed by atoms with van der Waals surface area (Å²) in [7, 11) is -20.4. The molecule has 1 aliphatic heterocycles. The largest absolute Gasteiger partial charge is 1.00 e. The van der Waals surface area contributed by atoms with Crippen molar-refractivity contribution in [3.05, 3.63) is 105 Å². The van der Waals surface area contributed by atoms with Crippen LogP contribution in [0.2, 0.25) is 0 Å². The molecule has 0 unspecified atom stereocenters. The molecule has 0 bridgehead atoms. The van der Waals surface area contributed by atoms with E-state index in [2.05, 4.69) is 25.8 Å². The molecule has 330 valence electrons. The first-order valence-electron chi connectivity index (χ1n) is 17.8. The van der Waals surface area contributed by atoms with Crippen molar-refractivity contribution in [2.45, 2.75) is 51.3 Å². The fourth-order valence-corrected chi connectivity index (χ4v) is 10.2. The second-order valence-corrected chi connectivity index (χ2v) is 20.8. The smallest absolute Gasteiger partial charge is 0.744 e. The molecule has 4 aromatic rings. The maximum atomic E-state index is 12.7. The summed E-state index contributed by atoms with van der Waals surface area (Å²) in [5.41, 5.74) is 4.75. The SMILES string of the molecule is Cc1[c-]c(C)c([NH+]=c2ccc3c(-c4ccccc4S(=O)(=O)O)c4ccc(Nc5c(C)c(NS(C)(=O)=O)c(C)c(S(=O)(=O)[O-])c5C)cc4oc-3c2)c(C)c1NS(C)(=O)=O.O=S(=O)=O.[Na+].[Na+]. The first-order chi connectivity index (χ1) is 28.5. The minimum atomic E-state index is -5.08. The molecule has 0 saturated heterocycles. The molecule has 2 aliphatic rings. The molecule has 6 rings (SSSR count). The number of hydrogen-bond donors (Lipinski definition) is 5. The van der Waals surface area contributed by atoms with Gasteiger partial charge in [-0.25, -0.2) is 25.3 Å². The number of benzene rings is 5. The Bertz CT molecular complexity index is 3470. The Morgan fingerprint density at radius 2 is 1.25 bits per heavy atom. The van der Waals surface area contributed by atoms with Crippen LogP contribution in [0.15, 0.2) is 74.9 Å². The summed E-state index contributed by atoms with van der Waals surface area (Å²) in [5, 5.41) is 4.06. The van der Waals surface area contributed by atoms with Gasteiger partial charge >= 0.3 is 69.7 Å². The summed E-state index contributed by atoms with van der Waals surface area (Å²) < 4.78 is 159. The number of anilines is 4. The number of fused-ring (bicyclic) bond motifs is 2. The molecule has 0 radical (unpaired) electrons. The standard InChI is InChI=1S/C39H39N4O11S4.2Na.O3S/c1-20-17-21(2)36(42-55(7,44)45)22(3)35(20)40-26-13-15-28-31(18-26)54-32-19-27(14-16-29(32)34(28)30-11-9-10-12-33(30)57(48,49)50)41-37-23(4)38(43-56(8,46)47)25(6)39(24(37)5)58(51,52)53;;;1-4(2)3/h9-16,18-19,41-43H,1-8H3,(H,48,49,50)(H,51,52,53);;;/q-1;2*+1;. The molecule has 0 atom stereocenters. The molecular formula is C39H39N4Na2O14S5+. The van der Waals surface area contributed by atoms with E-state index in [1.54, 1.807) is 69.3 Å². The maximum absolute atomic E-state index is 12.7. The fraction of sp³-hybridized carbons (Fsp3) is 0.205. The van der Waals surface area contributed by atoms with Crippen LogP contribution in [0.4, 0.5) is 28.4 Å². The van der Waals surface area contributed by atoms with Gasteiger partial charge in [0.25, 0.3) is 10.1 Å². The van der Waals surface area contributed by atoms with E-state index < -0.39 is 55.8 Å². The summed E-state index contributed by atoms with van der Waals surface area (Å²) in [6.45, 7) is 9.63. The Morgan fingerprint density at radius 1 is 0.688 bits per heavy atom. The van der Waals surface area contributed by atoms with Crippen LogP contribution >= 0.6 is 0 Å². The van der Waals surface area contributed by atoms with Gasteiger partial charge in [-0.2, -0.15) is 14.5 Å². The van der Waals surface area contributed by atoms with Gasteiger partial charge in [0.1, 0.15) is 32.0 Å². The van der Waals surface area contributed by atoms with Crippen LogP contribution in [0.3, 0.4) is 0 Å². The normalized spacial score (nSPS) is 12.1. The first kappa shape index (κ1) is 54.6. The predicted molar refractivity (Wildman–Crippen MR) is 230 cm³/mol. The second-order valence-electron chi connectivity index (χ2n) is 14.2. The molecule has 64 heavy (non-hydrogen) atoms. The van der Waals surface area contributed by atoms with Crippen molar-refractivity contribution in [2.75, 3.05) is 27.3 Å². The van der Waals surface area contributed by atoms with E-state index in [4.69, 9.17) is 17.0 Å². The van der Waals surface area contributed by atoms with Gasteiger partial charge in [-0.05, 0) is 67.4 Å². The molecule has 0 saturated carbocycles. The van der Waals surface area contributed by atoms with Crippen LogP contribution in [-0.2, 0) is 50.9 Å². The number of rotatable bonds is 10. The summed E-state index contributed by atoms with van der Waals surface area (Å²) in [6.07, 6.45) is 1.95. The van der Waals surface area contributed by atoms with E-state index in [-0.39, 0.29) is 103 Å². The van der Waals surface area contributed by atoms with Crippen LogP contribution in [0.1, 0.15) is 33.4 Å². The van der Waals surface area contributed by atoms with E-state index >= 15 is 0 Å². The van der Waals surface area contributed by atoms with Crippen molar-refractivity contribution < 1.29 is 124 Å². The van der Waals surface area contributed by atoms with Gasteiger partial charge in [-0.3, -0.25) is 14.3 Å². The van der Waals surface area contributed by atoms with Crippen molar-refractivity contribution in [3.8, 4) is 22.5 Å². The monoisotopic (exact) mass is 993 g/mol. The Kier molecular flexibility index (Phi) is 17.5. The zero-order chi connectivity index (χ0) is 46.4. The van der Waals surface area contributed by atoms with Gasteiger partial charge in [0.2, 0.25) is 20.0 Å². The maximum Gasteiger partial charge on any atom is 1.00 e. The van der Waals surface area contributed by atoms with Crippen LogP contribution in [0, 0.1) is 47.6 Å². The van der Waals surface area contributed by atoms with E-state index in [9.17, 15) is 42.8 Å². The molecule has 1 heterocycles. The molecule has 0 amide bonds. The minimum absolute atomic E-state index is 0. The number of aryl methyl sites for hydroxylation is 2. The van der Waals surface area contributed by atoms with Crippen molar-refractivity contribution >= 4 is 90.3 Å². The zero-order valence-corrected chi connectivity index (χ0v) is 44.2. The van der Waals surface area contributed by atoms with E-state index in [0.717, 1.165) is 12.5 Å². The average molecular weight is 994 g/mol.